The second-order valence-corrected chi connectivity index (χ2v) is 4.76. The summed E-state index contributed by atoms with van der Waals surface area (Å²) < 4.78 is 18.1. The molecule has 0 radical (unpaired) electrons. The molecule has 0 fully saturated rings. The van der Waals surface area contributed by atoms with Crippen molar-refractivity contribution in [3.8, 4) is 5.75 Å². The van der Waals surface area contributed by atoms with E-state index in [-0.39, 0.29) is 12.4 Å². The van der Waals surface area contributed by atoms with Crippen molar-refractivity contribution in [3.05, 3.63) is 58.3 Å². The number of halogens is 3. The summed E-state index contributed by atoms with van der Waals surface area (Å²) in [5.74, 6) is -0.551. The van der Waals surface area contributed by atoms with E-state index in [4.69, 9.17) is 27.9 Å². The molecule has 0 aromatic heterocycles. The molecule has 104 valence electrons. The fourth-order valence-corrected chi connectivity index (χ4v) is 1.94. The number of carbonyl (C=O) groups is 1. The molecular weight excluding hydrogens is 304 g/mol. The third-order valence-corrected chi connectivity index (χ3v) is 2.92. The third-order valence-electron chi connectivity index (χ3n) is 2.37. The molecule has 0 bridgehead atoms. The molecule has 0 aliphatic carbocycles. The zero-order valence-corrected chi connectivity index (χ0v) is 11.7. The topological polar surface area (TPSA) is 38.3 Å². The van der Waals surface area contributed by atoms with Crippen molar-refractivity contribution < 1.29 is 13.9 Å². The number of nitrogens with one attached hydrogen (secondary N) is 1. The Morgan fingerprint density at radius 3 is 2.70 bits per heavy atom. The molecular formula is C14H10Cl2FNO2. The molecule has 2 rings (SSSR count). The maximum Gasteiger partial charge on any atom is 0.262 e. The number of anilines is 1. The number of ether oxygens (including phenoxy) is 1. The van der Waals surface area contributed by atoms with Gasteiger partial charge in [-0.3, -0.25) is 4.79 Å². The first-order chi connectivity index (χ1) is 9.54. The molecule has 0 unspecified atom stereocenters. The van der Waals surface area contributed by atoms with E-state index in [1.807, 2.05) is 0 Å². The van der Waals surface area contributed by atoms with Crippen LogP contribution < -0.4 is 10.1 Å². The molecule has 3 nitrogen and oxygen atoms in total. The lowest BCUT2D eigenvalue weighted by Gasteiger charge is -2.09. The van der Waals surface area contributed by atoms with Gasteiger partial charge < -0.3 is 10.1 Å². The van der Waals surface area contributed by atoms with E-state index in [1.54, 1.807) is 18.2 Å². The van der Waals surface area contributed by atoms with Crippen LogP contribution in [-0.4, -0.2) is 12.5 Å². The molecule has 6 heteroatoms. The fraction of sp³-hybridized carbons (Fsp3) is 0.0714. The second kappa shape index (κ2) is 6.59. The van der Waals surface area contributed by atoms with Crippen molar-refractivity contribution in [2.75, 3.05) is 11.9 Å². The molecule has 1 N–H and O–H groups in total. The van der Waals surface area contributed by atoms with Crippen LogP contribution in [0.4, 0.5) is 10.1 Å². The van der Waals surface area contributed by atoms with Crippen molar-refractivity contribution in [3.63, 3.8) is 0 Å². The average molecular weight is 314 g/mol. The van der Waals surface area contributed by atoms with Crippen LogP contribution >= 0.6 is 23.2 Å². The van der Waals surface area contributed by atoms with Gasteiger partial charge in [-0.2, -0.15) is 0 Å². The summed E-state index contributed by atoms with van der Waals surface area (Å²) in [5.41, 5.74) is 0.434. The zero-order valence-electron chi connectivity index (χ0n) is 10.2. The average Bonchev–Trinajstić information content (AvgIpc) is 2.40. The lowest BCUT2D eigenvalue weighted by atomic mass is 10.3. The monoisotopic (exact) mass is 313 g/mol. The normalized spacial score (nSPS) is 10.2. The number of carbonyl (C=O) groups excluding carboxylic acids is 1. The van der Waals surface area contributed by atoms with Gasteiger partial charge in [0.2, 0.25) is 0 Å². The third kappa shape index (κ3) is 4.11. The Kier molecular flexibility index (Phi) is 4.82. The summed E-state index contributed by atoms with van der Waals surface area (Å²) in [6.45, 7) is -0.248. The molecule has 0 atom stereocenters. The maximum absolute atomic E-state index is 12.9. The molecule has 0 aliphatic rings. The molecule has 0 aliphatic heterocycles. The number of rotatable bonds is 4. The fourth-order valence-electron chi connectivity index (χ4n) is 1.48. The predicted octanol–water partition coefficient (Wildman–Crippen LogP) is 4.15. The van der Waals surface area contributed by atoms with Crippen LogP contribution in [0.25, 0.3) is 0 Å². The first-order valence-electron chi connectivity index (χ1n) is 5.68. The van der Waals surface area contributed by atoms with Crippen LogP contribution in [0.3, 0.4) is 0 Å². The second-order valence-electron chi connectivity index (χ2n) is 3.92. The Balaban J connectivity index is 1.92. The minimum atomic E-state index is -0.427. The largest absolute Gasteiger partial charge is 0.484 e. The molecule has 0 saturated heterocycles. The quantitative estimate of drug-likeness (QED) is 0.920. The lowest BCUT2D eigenvalue weighted by Crippen LogP contribution is -2.20. The molecule has 0 saturated carbocycles. The Morgan fingerprint density at radius 2 is 2.00 bits per heavy atom. The van der Waals surface area contributed by atoms with E-state index in [0.29, 0.717) is 15.7 Å². The predicted molar refractivity (Wildman–Crippen MR) is 77.0 cm³/mol. The van der Waals surface area contributed by atoms with Gasteiger partial charge in [-0.1, -0.05) is 29.3 Å². The minimum absolute atomic E-state index is 0.248. The van der Waals surface area contributed by atoms with Gasteiger partial charge in [-0.05, 0) is 30.3 Å². The SMILES string of the molecule is O=C(COc1cccc(F)c1)Nc1ccc(Cl)cc1Cl. The van der Waals surface area contributed by atoms with Gasteiger partial charge in [-0.25, -0.2) is 4.39 Å². The van der Waals surface area contributed by atoms with Crippen LogP contribution in [0.2, 0.25) is 10.0 Å². The smallest absolute Gasteiger partial charge is 0.262 e. The first kappa shape index (κ1) is 14.6. The summed E-state index contributed by atoms with van der Waals surface area (Å²) in [6, 6.07) is 10.3. The van der Waals surface area contributed by atoms with E-state index < -0.39 is 11.7 Å². The molecule has 20 heavy (non-hydrogen) atoms. The molecule has 2 aromatic carbocycles. The van der Waals surface area contributed by atoms with Crippen LogP contribution in [0.1, 0.15) is 0 Å². The van der Waals surface area contributed by atoms with E-state index >= 15 is 0 Å². The Morgan fingerprint density at radius 1 is 1.20 bits per heavy atom. The Labute approximate surface area is 125 Å². The highest BCUT2D eigenvalue weighted by molar-refractivity contribution is 6.36. The highest BCUT2D eigenvalue weighted by atomic mass is 35.5. The van der Waals surface area contributed by atoms with Crippen molar-refractivity contribution in [2.24, 2.45) is 0 Å². The first-order valence-corrected chi connectivity index (χ1v) is 6.43. The van der Waals surface area contributed by atoms with E-state index in [0.717, 1.165) is 0 Å². The van der Waals surface area contributed by atoms with E-state index in [9.17, 15) is 9.18 Å². The molecule has 0 heterocycles. The number of hydrogen-bond donors (Lipinski definition) is 1. The number of hydrogen-bond acceptors (Lipinski definition) is 2. The standard InChI is InChI=1S/C14H10Cl2FNO2/c15-9-4-5-13(12(16)6-9)18-14(19)8-20-11-3-1-2-10(17)7-11/h1-7H,8H2,(H,18,19). The van der Waals surface area contributed by atoms with Crippen LogP contribution in [0, 0.1) is 5.82 Å². The van der Waals surface area contributed by atoms with Crippen molar-refractivity contribution >= 4 is 34.8 Å². The summed E-state index contributed by atoms with van der Waals surface area (Å²) in [4.78, 5) is 11.7. The van der Waals surface area contributed by atoms with Gasteiger partial charge in [0.1, 0.15) is 11.6 Å². The molecule has 1 amide bonds. The summed E-state index contributed by atoms with van der Waals surface area (Å²) >= 11 is 11.7. The lowest BCUT2D eigenvalue weighted by molar-refractivity contribution is -0.118. The number of benzene rings is 2. The summed E-state index contributed by atoms with van der Waals surface area (Å²) in [7, 11) is 0. The van der Waals surface area contributed by atoms with Crippen LogP contribution in [0.5, 0.6) is 5.75 Å². The zero-order chi connectivity index (χ0) is 14.5. The van der Waals surface area contributed by atoms with Crippen molar-refractivity contribution in [1.82, 2.24) is 0 Å². The van der Waals surface area contributed by atoms with E-state index in [2.05, 4.69) is 5.32 Å². The van der Waals surface area contributed by atoms with Gasteiger partial charge >= 0.3 is 0 Å². The molecule has 0 spiro atoms. The highest BCUT2D eigenvalue weighted by Gasteiger charge is 2.07. The van der Waals surface area contributed by atoms with E-state index in [1.165, 1.54) is 24.3 Å². The highest BCUT2D eigenvalue weighted by Crippen LogP contribution is 2.25. The van der Waals surface area contributed by atoms with Gasteiger partial charge in [0.05, 0.1) is 10.7 Å². The van der Waals surface area contributed by atoms with Crippen molar-refractivity contribution in [1.29, 1.82) is 0 Å². The van der Waals surface area contributed by atoms with Crippen molar-refractivity contribution in [2.45, 2.75) is 0 Å². The van der Waals surface area contributed by atoms with Gasteiger partial charge in [0, 0.05) is 11.1 Å². The Hall–Kier alpha value is -1.78. The summed E-state index contributed by atoms with van der Waals surface area (Å²) in [5, 5.41) is 3.38. The van der Waals surface area contributed by atoms with Gasteiger partial charge in [0.15, 0.2) is 6.61 Å². The van der Waals surface area contributed by atoms with Crippen LogP contribution in [-0.2, 0) is 4.79 Å². The number of amides is 1. The minimum Gasteiger partial charge on any atom is -0.484 e. The van der Waals surface area contributed by atoms with Gasteiger partial charge in [-0.15, -0.1) is 0 Å². The van der Waals surface area contributed by atoms with Gasteiger partial charge in [0.25, 0.3) is 5.91 Å². The molecule has 2 aromatic rings. The Bertz CT molecular complexity index is 634. The summed E-state index contributed by atoms with van der Waals surface area (Å²) in [6.07, 6.45) is 0. The maximum atomic E-state index is 12.9. The van der Waals surface area contributed by atoms with Crippen LogP contribution in [0.15, 0.2) is 42.5 Å².